The van der Waals surface area contributed by atoms with E-state index >= 15 is 0 Å². The van der Waals surface area contributed by atoms with Crippen LogP contribution in [-0.2, 0) is 0 Å². The maximum absolute atomic E-state index is 5.44. The number of aromatic nitrogens is 4. The number of ether oxygens (including phenoxy) is 3. The van der Waals surface area contributed by atoms with E-state index in [1.807, 2.05) is 54.6 Å². The molecule has 0 unspecified atom stereocenters. The van der Waals surface area contributed by atoms with Gasteiger partial charge in [0.25, 0.3) is 0 Å². The molecule has 7 heteroatoms. The molecule has 7 nitrogen and oxygen atoms in total. The number of benzene rings is 2. The molecule has 0 saturated heterocycles. The maximum Gasteiger partial charge on any atom is 0.203 e. The van der Waals surface area contributed by atoms with Crippen LogP contribution in [0.25, 0.3) is 28.3 Å². The third-order valence-corrected chi connectivity index (χ3v) is 4.26. The summed E-state index contributed by atoms with van der Waals surface area (Å²) in [7, 11) is 4.73. The molecule has 0 aliphatic rings. The van der Waals surface area contributed by atoms with Crippen LogP contribution in [0.3, 0.4) is 0 Å². The lowest BCUT2D eigenvalue weighted by Gasteiger charge is -2.13. The monoisotopic (exact) mass is 362 g/mol. The van der Waals surface area contributed by atoms with Crippen LogP contribution in [0.4, 0.5) is 0 Å². The molecule has 0 spiro atoms. The van der Waals surface area contributed by atoms with Gasteiger partial charge in [-0.25, -0.2) is 0 Å². The van der Waals surface area contributed by atoms with E-state index in [1.165, 1.54) is 0 Å². The van der Waals surface area contributed by atoms with Crippen LogP contribution in [0.5, 0.6) is 17.2 Å². The summed E-state index contributed by atoms with van der Waals surface area (Å²) in [5, 5.41) is 13.2. The topological polar surface area (TPSA) is 70.8 Å². The Morgan fingerprint density at radius 3 is 2.07 bits per heavy atom. The number of methoxy groups -OCH3 is 3. The van der Waals surface area contributed by atoms with Gasteiger partial charge in [0.1, 0.15) is 0 Å². The summed E-state index contributed by atoms with van der Waals surface area (Å²) in [6, 6.07) is 17.4. The molecule has 0 fully saturated rings. The predicted molar refractivity (Wildman–Crippen MR) is 101 cm³/mol. The van der Waals surface area contributed by atoms with Crippen molar-refractivity contribution in [3.05, 3.63) is 54.6 Å². The van der Waals surface area contributed by atoms with Crippen LogP contribution in [-0.4, -0.2) is 41.1 Å². The molecular weight excluding hydrogens is 344 g/mol. The first kappa shape index (κ1) is 16.8. The zero-order valence-corrected chi connectivity index (χ0v) is 15.2. The summed E-state index contributed by atoms with van der Waals surface area (Å²) in [6.07, 6.45) is 0. The van der Waals surface area contributed by atoms with Crippen molar-refractivity contribution in [3.8, 4) is 39.9 Å². The lowest BCUT2D eigenvalue weighted by atomic mass is 10.1. The van der Waals surface area contributed by atoms with Crippen molar-refractivity contribution >= 4 is 5.65 Å². The summed E-state index contributed by atoms with van der Waals surface area (Å²) < 4.78 is 18.0. The highest BCUT2D eigenvalue weighted by Gasteiger charge is 2.18. The van der Waals surface area contributed by atoms with E-state index in [2.05, 4.69) is 10.2 Å². The zero-order chi connectivity index (χ0) is 18.8. The summed E-state index contributed by atoms with van der Waals surface area (Å²) in [5.41, 5.74) is 3.26. The van der Waals surface area contributed by atoms with E-state index in [9.17, 15) is 0 Å². The first-order valence-corrected chi connectivity index (χ1v) is 8.33. The average Bonchev–Trinajstić information content (AvgIpc) is 3.16. The van der Waals surface area contributed by atoms with Gasteiger partial charge in [0.15, 0.2) is 23.0 Å². The minimum absolute atomic E-state index is 0.524. The SMILES string of the molecule is COc1cc(-c2nnc3ccc(-c4ccccc4)nn23)cc(OC)c1OC. The Balaban J connectivity index is 1.89. The molecule has 2 heterocycles. The number of fused-ring (bicyclic) bond motifs is 1. The fraction of sp³-hybridized carbons (Fsp3) is 0.150. The van der Waals surface area contributed by atoms with Gasteiger partial charge in [-0.15, -0.1) is 10.2 Å². The van der Waals surface area contributed by atoms with Gasteiger partial charge in [-0.05, 0) is 24.3 Å². The standard InChI is InChI=1S/C20H18N4O3/c1-25-16-11-14(12-17(26-2)19(16)27-3)20-22-21-18-10-9-15(23-24(18)20)13-7-5-4-6-8-13/h4-12H,1-3H3. The molecule has 0 bridgehead atoms. The molecule has 136 valence electrons. The minimum Gasteiger partial charge on any atom is -0.493 e. The molecule has 2 aromatic heterocycles. The van der Waals surface area contributed by atoms with Crippen molar-refractivity contribution in [3.63, 3.8) is 0 Å². The Hall–Kier alpha value is -3.61. The van der Waals surface area contributed by atoms with Crippen molar-refractivity contribution in [2.24, 2.45) is 0 Å². The first-order chi connectivity index (χ1) is 13.2. The Labute approximate surface area is 156 Å². The second kappa shape index (κ2) is 6.95. The van der Waals surface area contributed by atoms with E-state index in [-0.39, 0.29) is 0 Å². The van der Waals surface area contributed by atoms with Crippen molar-refractivity contribution in [2.45, 2.75) is 0 Å². The number of rotatable bonds is 5. The summed E-state index contributed by atoms with van der Waals surface area (Å²) in [6.45, 7) is 0. The molecule has 4 aromatic rings. The number of hydrogen-bond acceptors (Lipinski definition) is 6. The number of nitrogens with zero attached hydrogens (tertiary/aromatic N) is 4. The van der Waals surface area contributed by atoms with Crippen molar-refractivity contribution in [2.75, 3.05) is 21.3 Å². The molecule has 0 N–H and O–H groups in total. The van der Waals surface area contributed by atoms with Gasteiger partial charge in [0, 0.05) is 11.1 Å². The third-order valence-electron chi connectivity index (χ3n) is 4.26. The van der Waals surface area contributed by atoms with E-state index in [1.54, 1.807) is 25.8 Å². The van der Waals surface area contributed by atoms with Crippen molar-refractivity contribution in [1.82, 2.24) is 19.8 Å². The molecule has 4 rings (SSSR count). The molecule has 0 amide bonds. The van der Waals surface area contributed by atoms with Crippen LogP contribution in [0.1, 0.15) is 0 Å². The van der Waals surface area contributed by atoms with E-state index in [4.69, 9.17) is 19.3 Å². The Kier molecular flexibility index (Phi) is 4.33. The van der Waals surface area contributed by atoms with Crippen molar-refractivity contribution in [1.29, 1.82) is 0 Å². The van der Waals surface area contributed by atoms with E-state index in [0.29, 0.717) is 28.7 Å². The van der Waals surface area contributed by atoms with Gasteiger partial charge in [0.2, 0.25) is 5.75 Å². The molecule has 0 aliphatic heterocycles. The normalized spacial score (nSPS) is 10.8. The van der Waals surface area contributed by atoms with Gasteiger partial charge < -0.3 is 14.2 Å². The zero-order valence-electron chi connectivity index (χ0n) is 15.2. The van der Waals surface area contributed by atoms with Gasteiger partial charge in [0.05, 0.1) is 27.0 Å². The average molecular weight is 362 g/mol. The Bertz CT molecular complexity index is 1070. The summed E-state index contributed by atoms with van der Waals surface area (Å²) >= 11 is 0. The van der Waals surface area contributed by atoms with Gasteiger partial charge in [-0.2, -0.15) is 9.61 Å². The molecule has 0 radical (unpaired) electrons. The van der Waals surface area contributed by atoms with Crippen LogP contribution in [0, 0.1) is 0 Å². The van der Waals surface area contributed by atoms with Gasteiger partial charge in [-0.3, -0.25) is 0 Å². The largest absolute Gasteiger partial charge is 0.493 e. The quantitative estimate of drug-likeness (QED) is 0.541. The second-order valence-corrected chi connectivity index (χ2v) is 5.79. The fourth-order valence-electron chi connectivity index (χ4n) is 2.94. The first-order valence-electron chi connectivity index (χ1n) is 8.33. The van der Waals surface area contributed by atoms with Gasteiger partial charge in [-0.1, -0.05) is 30.3 Å². The lowest BCUT2D eigenvalue weighted by Crippen LogP contribution is -1.99. The predicted octanol–water partition coefficient (Wildman–Crippen LogP) is 3.48. The van der Waals surface area contributed by atoms with Crippen LogP contribution in [0.2, 0.25) is 0 Å². The molecule has 2 aromatic carbocycles. The highest BCUT2D eigenvalue weighted by Crippen LogP contribution is 2.40. The summed E-state index contributed by atoms with van der Waals surface area (Å²) in [4.78, 5) is 0. The highest BCUT2D eigenvalue weighted by atomic mass is 16.5. The molecular formula is C20H18N4O3. The maximum atomic E-state index is 5.44. The fourth-order valence-corrected chi connectivity index (χ4v) is 2.94. The lowest BCUT2D eigenvalue weighted by molar-refractivity contribution is 0.324. The number of hydrogen-bond donors (Lipinski definition) is 0. The molecule has 27 heavy (non-hydrogen) atoms. The smallest absolute Gasteiger partial charge is 0.203 e. The van der Waals surface area contributed by atoms with E-state index < -0.39 is 0 Å². The third kappa shape index (κ3) is 2.93. The van der Waals surface area contributed by atoms with Crippen LogP contribution in [0.15, 0.2) is 54.6 Å². The Morgan fingerprint density at radius 1 is 0.741 bits per heavy atom. The highest BCUT2D eigenvalue weighted by molar-refractivity contribution is 5.69. The van der Waals surface area contributed by atoms with Crippen LogP contribution < -0.4 is 14.2 Å². The summed E-state index contributed by atoms with van der Waals surface area (Å²) in [5.74, 6) is 2.20. The minimum atomic E-state index is 0.524. The van der Waals surface area contributed by atoms with Crippen molar-refractivity contribution < 1.29 is 14.2 Å². The second-order valence-electron chi connectivity index (χ2n) is 5.79. The van der Waals surface area contributed by atoms with Gasteiger partial charge >= 0.3 is 0 Å². The van der Waals surface area contributed by atoms with E-state index in [0.717, 1.165) is 16.8 Å². The Morgan fingerprint density at radius 2 is 1.44 bits per heavy atom. The molecule has 0 atom stereocenters. The van der Waals surface area contributed by atoms with Crippen LogP contribution >= 0.6 is 0 Å². The molecule has 0 saturated carbocycles. The molecule has 0 aliphatic carbocycles.